The lowest BCUT2D eigenvalue weighted by molar-refractivity contribution is -0.143. The largest absolute Gasteiger partial charge is 0.394 e. The third kappa shape index (κ3) is 5.05. The van der Waals surface area contributed by atoms with Crippen LogP contribution < -0.4 is 10.6 Å². The van der Waals surface area contributed by atoms with Crippen molar-refractivity contribution in [1.82, 2.24) is 10.2 Å². The van der Waals surface area contributed by atoms with Gasteiger partial charge in [0, 0.05) is 18.7 Å². The Kier molecular flexibility index (Phi) is 8.13. The van der Waals surface area contributed by atoms with E-state index in [1.54, 1.807) is 7.05 Å². The molecular weight excluding hydrogens is 466 g/mol. The maximum atomic E-state index is 14.2. The fourth-order valence-corrected chi connectivity index (χ4v) is 6.02. The van der Waals surface area contributed by atoms with Crippen molar-refractivity contribution in [2.24, 2.45) is 23.7 Å². The van der Waals surface area contributed by atoms with Gasteiger partial charge >= 0.3 is 0 Å². The van der Waals surface area contributed by atoms with Crippen LogP contribution in [0.15, 0.2) is 60.7 Å². The van der Waals surface area contributed by atoms with E-state index >= 15 is 0 Å². The lowest BCUT2D eigenvalue weighted by Crippen LogP contribution is -2.47. The van der Waals surface area contributed by atoms with Crippen LogP contribution in [-0.4, -0.2) is 47.4 Å². The first-order valence-electron chi connectivity index (χ1n) is 13.1. The molecule has 2 aliphatic rings. The summed E-state index contributed by atoms with van der Waals surface area (Å²) < 4.78 is 0. The molecular formula is C30H37N3O4. The molecule has 196 valence electrons. The number of aliphatic hydroxyl groups excluding tert-OH is 1. The predicted octanol–water partition coefficient (Wildman–Crippen LogP) is 3.77. The zero-order valence-electron chi connectivity index (χ0n) is 22.0. The first-order valence-corrected chi connectivity index (χ1v) is 13.1. The van der Waals surface area contributed by atoms with Crippen LogP contribution in [0.2, 0.25) is 0 Å². The molecule has 6 atom stereocenters. The maximum absolute atomic E-state index is 14.2. The highest BCUT2D eigenvalue weighted by Crippen LogP contribution is 2.48. The van der Waals surface area contributed by atoms with Gasteiger partial charge in [0.25, 0.3) is 0 Å². The molecule has 1 saturated heterocycles. The van der Waals surface area contributed by atoms with Gasteiger partial charge < -0.3 is 20.6 Å². The second-order valence-electron chi connectivity index (χ2n) is 10.2. The van der Waals surface area contributed by atoms with E-state index in [1.807, 2.05) is 74.5 Å². The van der Waals surface area contributed by atoms with Crippen LogP contribution in [0.5, 0.6) is 0 Å². The molecule has 0 bridgehead atoms. The number of benzene rings is 2. The second-order valence-corrected chi connectivity index (χ2v) is 10.2. The van der Waals surface area contributed by atoms with Gasteiger partial charge in [0.15, 0.2) is 0 Å². The molecule has 3 N–H and O–H groups in total. The van der Waals surface area contributed by atoms with E-state index in [-0.39, 0.29) is 30.2 Å². The Hall–Kier alpha value is -3.45. The quantitative estimate of drug-likeness (QED) is 0.478. The van der Waals surface area contributed by atoms with Crippen LogP contribution in [-0.2, 0) is 14.4 Å². The monoisotopic (exact) mass is 503 g/mol. The van der Waals surface area contributed by atoms with Crippen molar-refractivity contribution in [3.63, 3.8) is 0 Å². The second kappa shape index (κ2) is 11.3. The highest BCUT2D eigenvalue weighted by molar-refractivity contribution is 6.02. The Morgan fingerprint density at radius 3 is 2.43 bits per heavy atom. The number of nitrogens with zero attached hydrogens (tertiary/aromatic N) is 1. The summed E-state index contributed by atoms with van der Waals surface area (Å²) >= 11 is 0. The van der Waals surface area contributed by atoms with Crippen molar-refractivity contribution in [3.05, 3.63) is 77.4 Å². The fourth-order valence-electron chi connectivity index (χ4n) is 6.02. The molecule has 2 aromatic carbocycles. The molecule has 1 aliphatic carbocycles. The summed E-state index contributed by atoms with van der Waals surface area (Å²) in [5.74, 6) is -2.64. The van der Waals surface area contributed by atoms with Crippen molar-refractivity contribution < 1.29 is 19.5 Å². The van der Waals surface area contributed by atoms with E-state index in [2.05, 4.69) is 17.6 Å². The highest BCUT2D eigenvalue weighted by Gasteiger charge is 2.58. The highest BCUT2D eigenvalue weighted by atomic mass is 16.3. The third-order valence-corrected chi connectivity index (χ3v) is 7.83. The van der Waals surface area contributed by atoms with Gasteiger partial charge in [-0.25, -0.2) is 0 Å². The van der Waals surface area contributed by atoms with E-state index in [1.165, 1.54) is 4.90 Å². The first-order chi connectivity index (χ1) is 17.8. The third-order valence-electron chi connectivity index (χ3n) is 7.83. The van der Waals surface area contributed by atoms with Crippen LogP contribution in [0.1, 0.15) is 42.5 Å². The number of allylic oxidation sites excluding steroid dienone is 1. The summed E-state index contributed by atoms with van der Waals surface area (Å²) in [6.07, 6.45) is 5.61. The molecule has 1 aliphatic heterocycles. The number of nitrogens with one attached hydrogen (secondary N) is 2. The van der Waals surface area contributed by atoms with Gasteiger partial charge in [0.1, 0.15) is 6.04 Å². The molecule has 0 aromatic heterocycles. The van der Waals surface area contributed by atoms with Crippen molar-refractivity contribution in [3.8, 4) is 0 Å². The van der Waals surface area contributed by atoms with Crippen LogP contribution >= 0.6 is 0 Å². The minimum Gasteiger partial charge on any atom is -0.394 e. The SMILES string of the molecule is CCC[C@@H]1C=C[C@H]2[C@H](C(=O)N([C@H](CO)c3ccccc3)[C@@H]2C(=O)Nc2cc(C)ccc2C)[C@@H]1C(=O)NC. The number of hydrogen-bond acceptors (Lipinski definition) is 4. The Morgan fingerprint density at radius 2 is 1.78 bits per heavy atom. The van der Waals surface area contributed by atoms with E-state index in [4.69, 9.17) is 0 Å². The van der Waals surface area contributed by atoms with E-state index in [0.29, 0.717) is 5.69 Å². The van der Waals surface area contributed by atoms with Crippen LogP contribution in [0, 0.1) is 37.5 Å². The van der Waals surface area contributed by atoms with E-state index < -0.39 is 29.8 Å². The number of fused-ring (bicyclic) bond motifs is 1. The molecule has 2 aromatic rings. The van der Waals surface area contributed by atoms with Gasteiger partial charge in [-0.05, 0) is 48.9 Å². The van der Waals surface area contributed by atoms with E-state index in [9.17, 15) is 19.5 Å². The molecule has 37 heavy (non-hydrogen) atoms. The molecule has 0 unspecified atom stereocenters. The summed E-state index contributed by atoms with van der Waals surface area (Å²) in [5.41, 5.74) is 3.36. The van der Waals surface area contributed by atoms with Crippen molar-refractivity contribution in [2.45, 2.75) is 45.7 Å². The van der Waals surface area contributed by atoms with Crippen LogP contribution in [0.3, 0.4) is 0 Å². The molecule has 3 amide bonds. The Balaban J connectivity index is 1.81. The fraction of sp³-hybridized carbons (Fsp3) is 0.433. The summed E-state index contributed by atoms with van der Waals surface area (Å²) in [4.78, 5) is 42.8. The number of amides is 3. The predicted molar refractivity (Wildman–Crippen MR) is 144 cm³/mol. The number of rotatable bonds is 8. The van der Waals surface area contributed by atoms with Crippen molar-refractivity contribution in [2.75, 3.05) is 19.0 Å². The molecule has 1 heterocycles. The summed E-state index contributed by atoms with van der Waals surface area (Å²) in [6.45, 7) is 5.60. The standard InChI is InChI=1S/C30H37N3O4/c1-5-9-21-14-15-22-26(25(21)28(35)31-4)30(37)33(24(17-34)20-10-7-6-8-11-20)27(22)29(36)32-23-16-18(2)12-13-19(23)3/h6-8,10-16,21-22,24-27,34H,5,9,17H2,1-4H3,(H,31,35)(H,32,36)/t21-,22+,24-,25-,26+,27+/m1/s1. The number of carbonyl (C=O) groups excluding carboxylic acids is 3. The van der Waals surface area contributed by atoms with Crippen molar-refractivity contribution in [1.29, 1.82) is 0 Å². The molecule has 0 saturated carbocycles. The minimum atomic E-state index is -0.874. The first kappa shape index (κ1) is 26.6. The Bertz CT molecular complexity index is 1180. The van der Waals surface area contributed by atoms with Gasteiger partial charge in [0.05, 0.1) is 24.5 Å². The smallest absolute Gasteiger partial charge is 0.247 e. The van der Waals surface area contributed by atoms with Crippen LogP contribution in [0.25, 0.3) is 0 Å². The molecule has 4 rings (SSSR count). The summed E-state index contributed by atoms with van der Waals surface area (Å²) in [5, 5.41) is 16.3. The normalized spacial score (nSPS) is 25.5. The number of anilines is 1. The van der Waals surface area contributed by atoms with E-state index in [0.717, 1.165) is 29.5 Å². The Morgan fingerprint density at radius 1 is 1.05 bits per heavy atom. The lowest BCUT2D eigenvalue weighted by atomic mass is 9.68. The van der Waals surface area contributed by atoms with Gasteiger partial charge in [-0.2, -0.15) is 0 Å². The van der Waals surface area contributed by atoms with Gasteiger partial charge in [-0.1, -0.05) is 68.0 Å². The zero-order chi connectivity index (χ0) is 26.7. The lowest BCUT2D eigenvalue weighted by Gasteiger charge is -2.34. The number of aliphatic hydroxyl groups is 1. The molecule has 0 radical (unpaired) electrons. The number of likely N-dealkylation sites (tertiary alicyclic amines) is 1. The molecule has 0 spiro atoms. The molecule has 7 heteroatoms. The average molecular weight is 504 g/mol. The topological polar surface area (TPSA) is 98.7 Å². The van der Waals surface area contributed by atoms with Gasteiger partial charge in [0.2, 0.25) is 17.7 Å². The maximum Gasteiger partial charge on any atom is 0.247 e. The van der Waals surface area contributed by atoms with Gasteiger partial charge in [-0.15, -0.1) is 0 Å². The molecule has 1 fully saturated rings. The zero-order valence-corrected chi connectivity index (χ0v) is 22.0. The number of hydrogen-bond donors (Lipinski definition) is 3. The molecule has 7 nitrogen and oxygen atoms in total. The summed E-state index contributed by atoms with van der Waals surface area (Å²) in [7, 11) is 1.58. The number of aryl methyl sites for hydroxylation is 2. The Labute approximate surface area is 218 Å². The van der Waals surface area contributed by atoms with Crippen molar-refractivity contribution >= 4 is 23.4 Å². The van der Waals surface area contributed by atoms with Gasteiger partial charge in [-0.3, -0.25) is 14.4 Å². The number of carbonyl (C=O) groups is 3. The van der Waals surface area contributed by atoms with Crippen LogP contribution in [0.4, 0.5) is 5.69 Å². The average Bonchev–Trinajstić information content (AvgIpc) is 3.19. The minimum absolute atomic E-state index is 0.0952. The summed E-state index contributed by atoms with van der Waals surface area (Å²) in [6, 6.07) is 13.5.